The summed E-state index contributed by atoms with van der Waals surface area (Å²) in [5, 5.41) is 12.1. The maximum absolute atomic E-state index is 12.1. The topological polar surface area (TPSA) is 66.4 Å². The Kier molecular flexibility index (Phi) is 5.17. The fraction of sp³-hybridized carbons (Fsp3) is 0.857. The van der Waals surface area contributed by atoms with Gasteiger partial charge in [0.1, 0.15) is 5.92 Å². The van der Waals surface area contributed by atoms with Gasteiger partial charge in [0.05, 0.1) is 0 Å². The first-order valence-electron chi connectivity index (χ1n) is 6.85. The summed E-state index contributed by atoms with van der Waals surface area (Å²) in [6.07, 6.45) is 6.63. The molecular formula is C14H25NO3. The van der Waals surface area contributed by atoms with Crippen molar-refractivity contribution in [1.82, 2.24) is 5.32 Å². The fourth-order valence-corrected chi connectivity index (χ4v) is 2.58. The number of carbonyl (C=O) groups is 2. The second kappa shape index (κ2) is 6.21. The highest BCUT2D eigenvalue weighted by Crippen LogP contribution is 2.27. The lowest BCUT2D eigenvalue weighted by molar-refractivity contribution is -0.151. The highest BCUT2D eigenvalue weighted by molar-refractivity contribution is 5.97. The Hall–Kier alpha value is -1.06. The minimum Gasteiger partial charge on any atom is -0.481 e. The summed E-state index contributed by atoms with van der Waals surface area (Å²) in [6.45, 7) is 5.37. The predicted octanol–water partition coefficient (Wildman–Crippen LogP) is 2.57. The van der Waals surface area contributed by atoms with E-state index in [2.05, 4.69) is 5.32 Å². The first-order valence-corrected chi connectivity index (χ1v) is 6.85. The third-order valence-corrected chi connectivity index (χ3v) is 3.58. The minimum atomic E-state index is -1.03. The minimum absolute atomic E-state index is 0.157. The summed E-state index contributed by atoms with van der Waals surface area (Å²) in [5.74, 6) is -2.34. The number of aliphatic carboxylic acids is 1. The number of hydrogen-bond donors (Lipinski definition) is 2. The van der Waals surface area contributed by atoms with Crippen LogP contribution in [0.1, 0.15) is 59.3 Å². The maximum atomic E-state index is 12.1. The molecule has 1 atom stereocenters. The monoisotopic (exact) mass is 255 g/mol. The average molecular weight is 255 g/mol. The quantitative estimate of drug-likeness (QED) is 0.601. The normalized spacial score (nSPS) is 19.9. The molecule has 2 N–H and O–H groups in total. The third kappa shape index (κ3) is 4.31. The summed E-state index contributed by atoms with van der Waals surface area (Å²) in [6, 6.07) is 0.157. The van der Waals surface area contributed by atoms with Gasteiger partial charge in [-0.2, -0.15) is 0 Å². The highest BCUT2D eigenvalue weighted by atomic mass is 16.4. The van der Waals surface area contributed by atoms with Gasteiger partial charge in [0.2, 0.25) is 5.91 Å². The second-order valence-electron chi connectivity index (χ2n) is 6.33. The lowest BCUT2D eigenvalue weighted by Crippen LogP contribution is -2.46. The molecule has 1 unspecified atom stereocenters. The fourth-order valence-electron chi connectivity index (χ4n) is 2.58. The predicted molar refractivity (Wildman–Crippen MR) is 70.2 cm³/mol. The van der Waals surface area contributed by atoms with Crippen molar-refractivity contribution in [3.8, 4) is 0 Å². The van der Waals surface area contributed by atoms with Gasteiger partial charge in [0.25, 0.3) is 0 Å². The number of nitrogens with one attached hydrogen (secondary N) is 1. The van der Waals surface area contributed by atoms with Gasteiger partial charge in [-0.15, -0.1) is 0 Å². The van der Waals surface area contributed by atoms with Crippen LogP contribution < -0.4 is 5.32 Å². The van der Waals surface area contributed by atoms with Crippen LogP contribution in [-0.4, -0.2) is 23.0 Å². The van der Waals surface area contributed by atoms with Crippen molar-refractivity contribution in [2.75, 3.05) is 0 Å². The van der Waals surface area contributed by atoms with Crippen LogP contribution in [0.25, 0.3) is 0 Å². The van der Waals surface area contributed by atoms with Crippen LogP contribution in [0.2, 0.25) is 0 Å². The van der Waals surface area contributed by atoms with Crippen LogP contribution in [0.15, 0.2) is 0 Å². The smallest absolute Gasteiger partial charge is 0.316 e. The number of rotatable bonds is 3. The first kappa shape index (κ1) is 15.0. The first-order chi connectivity index (χ1) is 8.32. The van der Waals surface area contributed by atoms with Crippen LogP contribution in [0, 0.1) is 11.3 Å². The van der Waals surface area contributed by atoms with Gasteiger partial charge in [0, 0.05) is 6.04 Å². The SMILES string of the molecule is CC(C)(C)C(C(=O)O)C(=O)NC1CCCCCC1. The molecular weight excluding hydrogens is 230 g/mol. The van der Waals surface area contributed by atoms with Gasteiger partial charge in [-0.3, -0.25) is 9.59 Å². The van der Waals surface area contributed by atoms with E-state index in [0.717, 1.165) is 25.7 Å². The molecule has 0 radical (unpaired) electrons. The Balaban J connectivity index is 2.63. The molecule has 18 heavy (non-hydrogen) atoms. The molecule has 0 aromatic heterocycles. The Bertz CT molecular complexity index is 299. The van der Waals surface area contributed by atoms with Gasteiger partial charge in [0.15, 0.2) is 0 Å². The van der Waals surface area contributed by atoms with Crippen molar-refractivity contribution in [2.24, 2.45) is 11.3 Å². The third-order valence-electron chi connectivity index (χ3n) is 3.58. The largest absolute Gasteiger partial charge is 0.481 e. The van der Waals surface area contributed by atoms with Crippen molar-refractivity contribution in [1.29, 1.82) is 0 Å². The summed E-state index contributed by atoms with van der Waals surface area (Å²) >= 11 is 0. The highest BCUT2D eigenvalue weighted by Gasteiger charge is 2.38. The molecule has 0 aromatic carbocycles. The molecule has 1 saturated carbocycles. The van der Waals surface area contributed by atoms with Gasteiger partial charge in [-0.25, -0.2) is 0 Å². The number of amides is 1. The maximum Gasteiger partial charge on any atom is 0.316 e. The van der Waals surface area contributed by atoms with Crippen LogP contribution >= 0.6 is 0 Å². The van der Waals surface area contributed by atoms with E-state index in [4.69, 9.17) is 0 Å². The molecule has 1 amide bonds. The Labute approximate surface area is 109 Å². The van der Waals surface area contributed by atoms with Crippen LogP contribution in [0.5, 0.6) is 0 Å². The van der Waals surface area contributed by atoms with E-state index < -0.39 is 17.3 Å². The zero-order valence-corrected chi connectivity index (χ0v) is 11.7. The van der Waals surface area contributed by atoms with E-state index in [-0.39, 0.29) is 11.9 Å². The Morgan fingerprint density at radius 2 is 1.61 bits per heavy atom. The van der Waals surface area contributed by atoms with E-state index in [9.17, 15) is 14.7 Å². The van der Waals surface area contributed by atoms with Gasteiger partial charge in [-0.1, -0.05) is 46.5 Å². The van der Waals surface area contributed by atoms with Gasteiger partial charge >= 0.3 is 5.97 Å². The second-order valence-corrected chi connectivity index (χ2v) is 6.33. The van der Waals surface area contributed by atoms with Crippen molar-refractivity contribution in [2.45, 2.75) is 65.3 Å². The molecule has 1 fully saturated rings. The summed E-state index contributed by atoms with van der Waals surface area (Å²) in [7, 11) is 0. The molecule has 4 heteroatoms. The van der Waals surface area contributed by atoms with E-state index in [1.54, 1.807) is 20.8 Å². The van der Waals surface area contributed by atoms with E-state index in [0.29, 0.717) is 0 Å². The molecule has 4 nitrogen and oxygen atoms in total. The van der Waals surface area contributed by atoms with E-state index in [1.165, 1.54) is 12.8 Å². The van der Waals surface area contributed by atoms with Crippen LogP contribution in [0.4, 0.5) is 0 Å². The van der Waals surface area contributed by atoms with E-state index in [1.807, 2.05) is 0 Å². The van der Waals surface area contributed by atoms with Crippen molar-refractivity contribution in [3.63, 3.8) is 0 Å². The van der Waals surface area contributed by atoms with E-state index >= 15 is 0 Å². The van der Waals surface area contributed by atoms with Gasteiger partial charge < -0.3 is 10.4 Å². The summed E-state index contributed by atoms with van der Waals surface area (Å²) in [4.78, 5) is 23.4. The number of carboxylic acid groups (broad SMARTS) is 1. The lowest BCUT2D eigenvalue weighted by atomic mass is 9.80. The zero-order valence-electron chi connectivity index (χ0n) is 11.7. The molecule has 0 bridgehead atoms. The van der Waals surface area contributed by atoms with Crippen molar-refractivity contribution >= 4 is 11.9 Å². The van der Waals surface area contributed by atoms with Crippen molar-refractivity contribution in [3.05, 3.63) is 0 Å². The Morgan fingerprint density at radius 1 is 1.11 bits per heavy atom. The summed E-state index contributed by atoms with van der Waals surface area (Å²) in [5.41, 5.74) is -0.555. The number of hydrogen-bond acceptors (Lipinski definition) is 2. The lowest BCUT2D eigenvalue weighted by Gasteiger charge is -2.28. The number of carboxylic acids is 1. The molecule has 1 aliphatic carbocycles. The molecule has 1 rings (SSSR count). The Morgan fingerprint density at radius 3 is 2.00 bits per heavy atom. The molecule has 1 aliphatic rings. The zero-order chi connectivity index (χ0) is 13.8. The van der Waals surface area contributed by atoms with Crippen molar-refractivity contribution < 1.29 is 14.7 Å². The molecule has 104 valence electrons. The average Bonchev–Trinajstić information content (AvgIpc) is 2.42. The molecule has 0 aromatic rings. The number of carbonyl (C=O) groups excluding carboxylic acids is 1. The van der Waals surface area contributed by atoms with Gasteiger partial charge in [-0.05, 0) is 18.3 Å². The molecule has 0 spiro atoms. The standard InChI is InChI=1S/C14H25NO3/c1-14(2,3)11(13(17)18)12(16)15-10-8-6-4-5-7-9-10/h10-11H,4-9H2,1-3H3,(H,15,16)(H,17,18). The summed E-state index contributed by atoms with van der Waals surface area (Å²) < 4.78 is 0. The van der Waals surface area contributed by atoms with Crippen LogP contribution in [0.3, 0.4) is 0 Å². The molecule has 0 saturated heterocycles. The molecule has 0 aliphatic heterocycles. The van der Waals surface area contributed by atoms with Crippen LogP contribution in [-0.2, 0) is 9.59 Å². The molecule has 0 heterocycles.